The van der Waals surface area contributed by atoms with Crippen LogP contribution in [0.15, 0.2) is 23.6 Å². The topological polar surface area (TPSA) is 41.5 Å². The number of hydrogen-bond donors (Lipinski definition) is 0. The third-order valence-corrected chi connectivity index (χ3v) is 4.62. The molecular weight excluding hydrogens is 341 g/mol. The van der Waals surface area contributed by atoms with Crippen molar-refractivity contribution in [1.29, 1.82) is 0 Å². The molecule has 0 saturated carbocycles. The number of rotatable bonds is 3. The Bertz CT molecular complexity index is 691. The number of anilines is 2. The van der Waals surface area contributed by atoms with E-state index >= 15 is 0 Å². The van der Waals surface area contributed by atoms with Crippen LogP contribution >= 0.6 is 11.3 Å². The third kappa shape index (κ3) is 3.62. The molecule has 3 heterocycles. The maximum Gasteiger partial charge on any atom is 0.433 e. The monoisotopic (exact) mass is 358 g/mol. The van der Waals surface area contributed by atoms with Crippen LogP contribution in [0.5, 0.6) is 0 Å². The number of aromatic nitrogens is 2. The van der Waals surface area contributed by atoms with Gasteiger partial charge in [-0.2, -0.15) is 18.2 Å². The lowest BCUT2D eigenvalue weighted by Gasteiger charge is -2.33. The van der Waals surface area contributed by atoms with E-state index in [0.29, 0.717) is 19.7 Å². The molecular formula is C15H17F3N4OS. The molecule has 1 unspecified atom stereocenters. The van der Waals surface area contributed by atoms with Crippen LogP contribution < -0.4 is 9.80 Å². The van der Waals surface area contributed by atoms with E-state index in [1.165, 1.54) is 4.90 Å². The maximum absolute atomic E-state index is 13.1. The zero-order valence-electron chi connectivity index (χ0n) is 13.2. The molecule has 24 heavy (non-hydrogen) atoms. The molecule has 9 heteroatoms. The van der Waals surface area contributed by atoms with Gasteiger partial charge in [-0.15, -0.1) is 11.3 Å². The van der Waals surface area contributed by atoms with E-state index in [9.17, 15) is 13.2 Å². The van der Waals surface area contributed by atoms with Crippen LogP contribution in [-0.2, 0) is 10.9 Å². The lowest BCUT2D eigenvalue weighted by atomic mass is 10.2. The summed E-state index contributed by atoms with van der Waals surface area (Å²) in [5.74, 6) is 0.310. The highest BCUT2D eigenvalue weighted by atomic mass is 32.1. The summed E-state index contributed by atoms with van der Waals surface area (Å²) in [6.45, 7) is 1.30. The molecule has 1 fully saturated rings. The second-order valence-electron chi connectivity index (χ2n) is 5.62. The number of halogens is 3. The summed E-state index contributed by atoms with van der Waals surface area (Å²) in [6.07, 6.45) is -4.69. The van der Waals surface area contributed by atoms with Gasteiger partial charge in [-0.1, -0.05) is 6.07 Å². The van der Waals surface area contributed by atoms with Crippen LogP contribution in [0.25, 0.3) is 0 Å². The molecule has 1 saturated heterocycles. The Morgan fingerprint density at radius 3 is 2.75 bits per heavy atom. The Kier molecular flexibility index (Phi) is 4.64. The summed E-state index contributed by atoms with van der Waals surface area (Å²) in [7, 11) is 3.31. The average molecular weight is 358 g/mol. The Hall–Kier alpha value is -1.87. The summed E-state index contributed by atoms with van der Waals surface area (Å²) in [6, 6.07) is 4.84. The molecule has 0 radical (unpaired) electrons. The van der Waals surface area contributed by atoms with Crippen molar-refractivity contribution in [2.45, 2.75) is 12.3 Å². The van der Waals surface area contributed by atoms with Gasteiger partial charge in [0.15, 0.2) is 5.69 Å². The normalized spacial score (nSPS) is 18.7. The first-order chi connectivity index (χ1) is 11.3. The van der Waals surface area contributed by atoms with Gasteiger partial charge in [0, 0.05) is 31.6 Å². The Balaban J connectivity index is 1.91. The van der Waals surface area contributed by atoms with Crippen LogP contribution in [0.1, 0.15) is 16.7 Å². The molecule has 0 aromatic carbocycles. The molecule has 1 aliphatic heterocycles. The molecule has 1 aliphatic rings. The van der Waals surface area contributed by atoms with E-state index in [-0.39, 0.29) is 17.9 Å². The molecule has 0 bridgehead atoms. The van der Waals surface area contributed by atoms with Crippen molar-refractivity contribution in [3.8, 4) is 0 Å². The highest BCUT2D eigenvalue weighted by Gasteiger charge is 2.35. The van der Waals surface area contributed by atoms with Crippen molar-refractivity contribution in [2.24, 2.45) is 0 Å². The molecule has 1 atom stereocenters. The first kappa shape index (κ1) is 17.0. The van der Waals surface area contributed by atoms with E-state index in [4.69, 9.17) is 4.74 Å². The fourth-order valence-electron chi connectivity index (χ4n) is 2.42. The molecule has 3 rings (SSSR count). The summed E-state index contributed by atoms with van der Waals surface area (Å²) in [5.41, 5.74) is -0.935. The number of hydrogen-bond acceptors (Lipinski definition) is 6. The predicted octanol–water partition coefficient (Wildman–Crippen LogP) is 3.20. The number of thiophene rings is 1. The standard InChI is InChI=1S/C15H17F3N4OS/c1-21(2)13-8-12(15(16,17)18)19-14(20-13)22-5-6-23-10(9-22)11-4-3-7-24-11/h3-4,7-8,10H,5-6,9H2,1-2H3. The van der Waals surface area contributed by atoms with E-state index < -0.39 is 11.9 Å². The van der Waals surface area contributed by atoms with Gasteiger partial charge in [-0.05, 0) is 11.4 Å². The Labute approximate surface area is 141 Å². The fraction of sp³-hybridized carbons (Fsp3) is 0.467. The van der Waals surface area contributed by atoms with Crippen LogP contribution in [0, 0.1) is 0 Å². The minimum Gasteiger partial charge on any atom is -0.369 e. The predicted molar refractivity (Wildman–Crippen MR) is 86.6 cm³/mol. The average Bonchev–Trinajstić information content (AvgIpc) is 3.08. The van der Waals surface area contributed by atoms with E-state index in [1.54, 1.807) is 30.3 Å². The molecule has 2 aromatic heterocycles. The SMILES string of the molecule is CN(C)c1cc(C(F)(F)F)nc(N2CCOC(c3cccs3)C2)n1. The summed E-state index contributed by atoms with van der Waals surface area (Å²) in [5, 5.41) is 1.95. The first-order valence-electron chi connectivity index (χ1n) is 7.38. The Morgan fingerprint density at radius 2 is 2.12 bits per heavy atom. The number of alkyl halides is 3. The maximum atomic E-state index is 13.1. The quantitative estimate of drug-likeness (QED) is 0.843. The zero-order valence-corrected chi connectivity index (χ0v) is 14.1. The zero-order chi connectivity index (χ0) is 17.3. The van der Waals surface area contributed by atoms with E-state index in [1.807, 2.05) is 17.5 Å². The van der Waals surface area contributed by atoms with Crippen molar-refractivity contribution < 1.29 is 17.9 Å². The lowest BCUT2D eigenvalue weighted by Crippen LogP contribution is -2.39. The molecule has 0 N–H and O–H groups in total. The number of morpholine rings is 1. The number of ether oxygens (including phenoxy) is 1. The minimum atomic E-state index is -4.51. The summed E-state index contributed by atoms with van der Waals surface area (Å²) >= 11 is 1.56. The van der Waals surface area contributed by atoms with E-state index in [0.717, 1.165) is 10.9 Å². The second kappa shape index (κ2) is 6.56. The number of nitrogens with zero attached hydrogens (tertiary/aromatic N) is 4. The van der Waals surface area contributed by atoms with Gasteiger partial charge in [0.25, 0.3) is 0 Å². The first-order valence-corrected chi connectivity index (χ1v) is 8.26. The van der Waals surface area contributed by atoms with Crippen LogP contribution in [0.3, 0.4) is 0 Å². The van der Waals surface area contributed by atoms with Crippen LogP contribution in [-0.4, -0.2) is 43.8 Å². The van der Waals surface area contributed by atoms with Gasteiger partial charge in [-0.25, -0.2) is 4.98 Å². The van der Waals surface area contributed by atoms with Crippen LogP contribution in [0.2, 0.25) is 0 Å². The van der Waals surface area contributed by atoms with E-state index in [2.05, 4.69) is 9.97 Å². The highest BCUT2D eigenvalue weighted by Crippen LogP contribution is 2.32. The van der Waals surface area contributed by atoms with Gasteiger partial charge in [0.2, 0.25) is 5.95 Å². The third-order valence-electron chi connectivity index (χ3n) is 3.66. The van der Waals surface area contributed by atoms with Crippen molar-refractivity contribution >= 4 is 23.1 Å². The summed E-state index contributed by atoms with van der Waals surface area (Å²) in [4.78, 5) is 12.3. The van der Waals surface area contributed by atoms with Gasteiger partial charge >= 0.3 is 6.18 Å². The van der Waals surface area contributed by atoms with Crippen molar-refractivity contribution in [1.82, 2.24) is 9.97 Å². The molecule has 0 amide bonds. The van der Waals surface area contributed by atoms with Gasteiger partial charge < -0.3 is 14.5 Å². The van der Waals surface area contributed by atoms with Crippen LogP contribution in [0.4, 0.5) is 24.9 Å². The molecule has 0 spiro atoms. The smallest absolute Gasteiger partial charge is 0.369 e. The molecule has 130 valence electrons. The largest absolute Gasteiger partial charge is 0.433 e. The summed E-state index contributed by atoms with van der Waals surface area (Å²) < 4.78 is 45.1. The lowest BCUT2D eigenvalue weighted by molar-refractivity contribution is -0.141. The van der Waals surface area contributed by atoms with Gasteiger partial charge in [-0.3, -0.25) is 0 Å². The van der Waals surface area contributed by atoms with Crippen molar-refractivity contribution in [2.75, 3.05) is 43.6 Å². The minimum absolute atomic E-state index is 0.0818. The van der Waals surface area contributed by atoms with Gasteiger partial charge in [0.1, 0.15) is 11.9 Å². The van der Waals surface area contributed by atoms with Gasteiger partial charge in [0.05, 0.1) is 13.2 Å². The molecule has 0 aliphatic carbocycles. The molecule has 5 nitrogen and oxygen atoms in total. The molecule has 2 aromatic rings. The second-order valence-corrected chi connectivity index (χ2v) is 6.60. The fourth-order valence-corrected chi connectivity index (χ4v) is 3.18. The highest BCUT2D eigenvalue weighted by molar-refractivity contribution is 7.10. The van der Waals surface area contributed by atoms with Crippen molar-refractivity contribution in [3.63, 3.8) is 0 Å². The Morgan fingerprint density at radius 1 is 1.33 bits per heavy atom. The van der Waals surface area contributed by atoms with Crippen molar-refractivity contribution in [3.05, 3.63) is 34.2 Å².